The van der Waals surface area contributed by atoms with Crippen molar-refractivity contribution in [2.24, 2.45) is 23.2 Å². The van der Waals surface area contributed by atoms with E-state index in [0.29, 0.717) is 11.8 Å². The van der Waals surface area contributed by atoms with E-state index in [1.165, 1.54) is 13.2 Å². The first-order valence-electron chi connectivity index (χ1n) is 7.57. The molecule has 4 heteroatoms. The lowest BCUT2D eigenvalue weighted by Gasteiger charge is -2.28. The third-order valence-corrected chi connectivity index (χ3v) is 5.48. The number of allylic oxidation sites excluding steroid dienone is 1. The van der Waals surface area contributed by atoms with Crippen LogP contribution in [0.1, 0.15) is 40.5 Å². The Morgan fingerprint density at radius 3 is 2.86 bits per heavy atom. The van der Waals surface area contributed by atoms with Crippen LogP contribution in [0.5, 0.6) is 0 Å². The summed E-state index contributed by atoms with van der Waals surface area (Å²) in [7, 11) is 0. The van der Waals surface area contributed by atoms with Gasteiger partial charge in [-0.3, -0.25) is 4.79 Å². The van der Waals surface area contributed by atoms with Crippen molar-refractivity contribution in [1.82, 2.24) is 0 Å². The zero-order valence-corrected chi connectivity index (χ0v) is 13.1. The fraction of sp³-hybridized carbons (Fsp3) is 0.647. The quantitative estimate of drug-likeness (QED) is 0.734. The summed E-state index contributed by atoms with van der Waals surface area (Å²) in [6.07, 6.45) is 3.58. The van der Waals surface area contributed by atoms with E-state index in [4.69, 9.17) is 9.47 Å². The van der Waals surface area contributed by atoms with Crippen LogP contribution in [0.15, 0.2) is 23.0 Å². The predicted octanol–water partition coefficient (Wildman–Crippen LogP) is 2.99. The molecule has 2 aliphatic carbocycles. The topological polar surface area (TPSA) is 52.6 Å². The molecular formula is C17H22O4. The number of cyclic esters (lactones) is 1. The van der Waals surface area contributed by atoms with Gasteiger partial charge in [-0.2, -0.15) is 0 Å². The van der Waals surface area contributed by atoms with Gasteiger partial charge in [0.1, 0.15) is 6.61 Å². The molecule has 1 heterocycles. The van der Waals surface area contributed by atoms with Crippen molar-refractivity contribution in [2.45, 2.75) is 40.5 Å². The van der Waals surface area contributed by atoms with Crippen molar-refractivity contribution in [3.05, 3.63) is 23.0 Å². The third kappa shape index (κ3) is 2.21. The van der Waals surface area contributed by atoms with Crippen LogP contribution in [0.2, 0.25) is 0 Å². The highest BCUT2D eigenvalue weighted by atomic mass is 16.5. The number of hydrogen-bond donors (Lipinski definition) is 0. The first-order valence-corrected chi connectivity index (χ1v) is 7.57. The van der Waals surface area contributed by atoms with Crippen LogP contribution in [-0.4, -0.2) is 18.5 Å². The van der Waals surface area contributed by atoms with Crippen LogP contribution in [0.4, 0.5) is 0 Å². The Balaban J connectivity index is 1.98. The molecule has 0 spiro atoms. The minimum absolute atomic E-state index is 0.0492. The van der Waals surface area contributed by atoms with E-state index in [0.717, 1.165) is 29.6 Å². The minimum atomic E-state index is -0.310. The lowest BCUT2D eigenvalue weighted by Crippen LogP contribution is -2.28. The van der Waals surface area contributed by atoms with Gasteiger partial charge < -0.3 is 9.47 Å². The van der Waals surface area contributed by atoms with Crippen LogP contribution < -0.4 is 0 Å². The summed E-state index contributed by atoms with van der Waals surface area (Å²) in [6, 6.07) is 0. The van der Waals surface area contributed by atoms with Crippen molar-refractivity contribution < 1.29 is 19.1 Å². The van der Waals surface area contributed by atoms with E-state index in [2.05, 4.69) is 13.8 Å². The Labute approximate surface area is 125 Å². The van der Waals surface area contributed by atoms with Gasteiger partial charge >= 0.3 is 11.9 Å². The standard InChI is InChI=1S/C17H22O4/c1-9-5-6-12-15(17(12,3)4)14-11(7-20-10(2)18)8-21-16(19)13(9)14/h8,12,14-15H,5-7H2,1-4H3/t12-,14-,15+/m0/s1. The van der Waals surface area contributed by atoms with Gasteiger partial charge in [0.2, 0.25) is 0 Å². The van der Waals surface area contributed by atoms with Crippen LogP contribution in [-0.2, 0) is 19.1 Å². The summed E-state index contributed by atoms with van der Waals surface area (Å²) in [5.41, 5.74) is 3.09. The van der Waals surface area contributed by atoms with Crippen molar-refractivity contribution in [3.63, 3.8) is 0 Å². The van der Waals surface area contributed by atoms with Gasteiger partial charge in [0.05, 0.1) is 6.26 Å². The number of rotatable bonds is 2. The molecule has 21 heavy (non-hydrogen) atoms. The molecule has 3 aliphatic rings. The van der Waals surface area contributed by atoms with Gasteiger partial charge in [-0.1, -0.05) is 19.4 Å². The maximum atomic E-state index is 12.2. The zero-order chi connectivity index (χ0) is 15.4. The summed E-state index contributed by atoms with van der Waals surface area (Å²) >= 11 is 0. The largest absolute Gasteiger partial charge is 0.461 e. The molecule has 0 N–H and O–H groups in total. The van der Waals surface area contributed by atoms with Gasteiger partial charge in [-0.25, -0.2) is 4.79 Å². The van der Waals surface area contributed by atoms with Crippen molar-refractivity contribution in [1.29, 1.82) is 0 Å². The molecule has 0 radical (unpaired) electrons. The van der Waals surface area contributed by atoms with Crippen molar-refractivity contribution >= 4 is 11.9 Å². The molecule has 0 bridgehead atoms. The normalized spacial score (nSPS) is 33.2. The van der Waals surface area contributed by atoms with E-state index >= 15 is 0 Å². The molecule has 4 nitrogen and oxygen atoms in total. The first-order chi connectivity index (χ1) is 9.84. The molecule has 0 aromatic rings. The van der Waals surface area contributed by atoms with E-state index in [9.17, 15) is 9.59 Å². The minimum Gasteiger partial charge on any atom is -0.461 e. The monoisotopic (exact) mass is 290 g/mol. The van der Waals surface area contributed by atoms with E-state index in [1.54, 1.807) is 0 Å². The van der Waals surface area contributed by atoms with Gasteiger partial charge in [0.25, 0.3) is 0 Å². The van der Waals surface area contributed by atoms with Crippen LogP contribution in [0.25, 0.3) is 0 Å². The highest BCUT2D eigenvalue weighted by molar-refractivity contribution is 5.92. The molecule has 3 rings (SSSR count). The Hall–Kier alpha value is -1.58. The van der Waals surface area contributed by atoms with Gasteiger partial charge in [-0.15, -0.1) is 0 Å². The lowest BCUT2D eigenvalue weighted by atomic mass is 9.81. The number of carbonyl (C=O) groups is 2. The molecule has 1 fully saturated rings. The van der Waals surface area contributed by atoms with E-state index in [1.807, 2.05) is 6.92 Å². The number of carbonyl (C=O) groups excluding carboxylic acids is 2. The molecule has 114 valence electrons. The molecule has 3 atom stereocenters. The second kappa shape index (κ2) is 4.72. The Bertz CT molecular complexity index is 567. The highest BCUT2D eigenvalue weighted by Gasteiger charge is 2.63. The Morgan fingerprint density at radius 2 is 2.19 bits per heavy atom. The number of ether oxygens (including phenoxy) is 2. The fourth-order valence-electron chi connectivity index (χ4n) is 4.24. The number of esters is 2. The second-order valence-electron chi connectivity index (χ2n) is 7.04. The summed E-state index contributed by atoms with van der Waals surface area (Å²) in [5.74, 6) is 0.581. The maximum Gasteiger partial charge on any atom is 0.339 e. The summed E-state index contributed by atoms with van der Waals surface area (Å²) in [4.78, 5) is 23.3. The summed E-state index contributed by atoms with van der Waals surface area (Å²) < 4.78 is 10.4. The van der Waals surface area contributed by atoms with Crippen LogP contribution in [0.3, 0.4) is 0 Å². The Morgan fingerprint density at radius 1 is 1.48 bits per heavy atom. The summed E-state index contributed by atoms with van der Waals surface area (Å²) in [5, 5.41) is 0. The SMILES string of the molecule is CC(=O)OCC1=COC(=O)C2=C(C)CC[C@H]3[C@H]([C@@H]12)C3(C)C. The molecule has 1 saturated carbocycles. The molecule has 0 aromatic carbocycles. The second-order valence-corrected chi connectivity index (χ2v) is 7.04. The van der Waals surface area contributed by atoms with Crippen LogP contribution in [0, 0.1) is 23.2 Å². The Kier molecular flexibility index (Phi) is 3.23. The molecule has 0 saturated heterocycles. The number of fused-ring (bicyclic) bond motifs is 3. The third-order valence-electron chi connectivity index (χ3n) is 5.48. The molecule has 0 amide bonds. The fourth-order valence-corrected chi connectivity index (χ4v) is 4.24. The predicted molar refractivity (Wildman–Crippen MR) is 77.0 cm³/mol. The van der Waals surface area contributed by atoms with Crippen molar-refractivity contribution in [2.75, 3.05) is 6.61 Å². The highest BCUT2D eigenvalue weighted by Crippen LogP contribution is 2.68. The van der Waals surface area contributed by atoms with Gasteiger partial charge in [-0.05, 0) is 37.0 Å². The first kappa shape index (κ1) is 14.4. The zero-order valence-electron chi connectivity index (χ0n) is 13.1. The average Bonchev–Trinajstić information content (AvgIpc) is 2.99. The molecule has 1 aliphatic heterocycles. The van der Waals surface area contributed by atoms with E-state index in [-0.39, 0.29) is 29.9 Å². The molecule has 0 unspecified atom stereocenters. The van der Waals surface area contributed by atoms with Gasteiger partial charge in [0, 0.05) is 24.0 Å². The van der Waals surface area contributed by atoms with E-state index < -0.39 is 0 Å². The number of hydrogen-bond acceptors (Lipinski definition) is 4. The summed E-state index contributed by atoms with van der Waals surface area (Å²) in [6.45, 7) is 8.17. The maximum absolute atomic E-state index is 12.2. The molecular weight excluding hydrogens is 268 g/mol. The average molecular weight is 290 g/mol. The van der Waals surface area contributed by atoms with Gasteiger partial charge in [0.15, 0.2) is 0 Å². The van der Waals surface area contributed by atoms with Crippen molar-refractivity contribution in [3.8, 4) is 0 Å². The smallest absolute Gasteiger partial charge is 0.339 e. The lowest BCUT2D eigenvalue weighted by molar-refractivity contribution is -0.140. The molecule has 0 aromatic heterocycles. The van der Waals surface area contributed by atoms with Crippen LogP contribution >= 0.6 is 0 Å².